The normalized spacial score (nSPS) is 10.3. The topological polar surface area (TPSA) is 67.9 Å². The van der Waals surface area contributed by atoms with Gasteiger partial charge in [-0.3, -0.25) is 0 Å². The van der Waals surface area contributed by atoms with Gasteiger partial charge in [0.2, 0.25) is 0 Å². The molecule has 0 spiro atoms. The Kier molecular flexibility index (Phi) is 2.86. The third kappa shape index (κ3) is 2.15. The third-order valence-electron chi connectivity index (χ3n) is 2.21. The molecular weight excluding hydrogens is 225 g/mol. The molecule has 0 atom stereocenters. The van der Waals surface area contributed by atoms with Gasteiger partial charge in [-0.05, 0) is 19.1 Å². The van der Waals surface area contributed by atoms with Gasteiger partial charge in [-0.2, -0.15) is 4.98 Å². The highest BCUT2D eigenvalue weighted by Gasteiger charge is 2.13. The molecule has 0 aromatic carbocycles. The molecule has 2 aromatic heterocycles. The van der Waals surface area contributed by atoms with Crippen LogP contribution in [-0.4, -0.2) is 22.1 Å². The smallest absolute Gasteiger partial charge is 0.345 e. The molecule has 0 amide bonds. The molecule has 0 aliphatic heterocycles. The Morgan fingerprint density at radius 1 is 1.47 bits per heavy atom. The van der Waals surface area contributed by atoms with E-state index in [0.29, 0.717) is 5.69 Å². The van der Waals surface area contributed by atoms with Gasteiger partial charge in [0.05, 0.1) is 12.8 Å². The fraction of sp³-hybridized carbons (Fsp3) is 0.182. The number of nitrogens with one attached hydrogen (secondary N) is 1. The molecule has 2 heterocycles. The number of aromatic amines is 1. The second kappa shape index (κ2) is 4.32. The van der Waals surface area contributed by atoms with E-state index in [1.54, 1.807) is 13.0 Å². The molecule has 2 aromatic rings. The first kappa shape index (κ1) is 11.3. The van der Waals surface area contributed by atoms with E-state index in [1.165, 1.54) is 19.4 Å². The minimum Gasteiger partial charge on any atom is -0.479 e. The van der Waals surface area contributed by atoms with E-state index in [9.17, 15) is 9.18 Å². The van der Waals surface area contributed by atoms with Crippen molar-refractivity contribution in [3.8, 4) is 17.1 Å². The summed E-state index contributed by atoms with van der Waals surface area (Å²) in [5.41, 5.74) is 0.529. The number of H-pyrrole nitrogens is 1. The Morgan fingerprint density at radius 2 is 2.24 bits per heavy atom. The fourth-order valence-corrected chi connectivity index (χ4v) is 1.48. The lowest BCUT2D eigenvalue weighted by atomic mass is 10.1. The predicted octanol–water partition coefficient (Wildman–Crippen LogP) is 1.29. The van der Waals surface area contributed by atoms with E-state index < -0.39 is 11.5 Å². The minimum atomic E-state index is -0.632. The van der Waals surface area contributed by atoms with E-state index >= 15 is 0 Å². The number of aryl methyl sites for hydroxylation is 1. The summed E-state index contributed by atoms with van der Waals surface area (Å²) in [4.78, 5) is 21.1. The number of rotatable bonds is 2. The Balaban J connectivity index is 2.64. The predicted molar refractivity (Wildman–Crippen MR) is 59.3 cm³/mol. The molecular formula is C11H10FN3O2. The molecule has 0 saturated carbocycles. The number of hydrogen-bond acceptors (Lipinski definition) is 4. The van der Waals surface area contributed by atoms with Crippen LogP contribution in [0.15, 0.2) is 23.1 Å². The van der Waals surface area contributed by atoms with Crippen molar-refractivity contribution in [3.05, 3.63) is 40.3 Å². The van der Waals surface area contributed by atoms with E-state index in [2.05, 4.69) is 15.0 Å². The van der Waals surface area contributed by atoms with E-state index in [-0.39, 0.29) is 17.1 Å². The summed E-state index contributed by atoms with van der Waals surface area (Å²) in [6, 6.07) is 3.03. The van der Waals surface area contributed by atoms with Gasteiger partial charge in [0, 0.05) is 17.5 Å². The second-order valence-electron chi connectivity index (χ2n) is 3.44. The first-order chi connectivity index (χ1) is 8.11. The van der Waals surface area contributed by atoms with Gasteiger partial charge in [0.1, 0.15) is 0 Å². The monoisotopic (exact) mass is 235 g/mol. The number of hydrogen-bond donors (Lipinski definition) is 1. The van der Waals surface area contributed by atoms with Crippen LogP contribution in [0.3, 0.4) is 0 Å². The van der Waals surface area contributed by atoms with E-state index in [4.69, 9.17) is 4.74 Å². The first-order valence-corrected chi connectivity index (χ1v) is 4.88. The highest BCUT2D eigenvalue weighted by atomic mass is 19.1. The summed E-state index contributed by atoms with van der Waals surface area (Å²) < 4.78 is 18.7. The number of aromatic nitrogens is 3. The van der Waals surface area contributed by atoms with Gasteiger partial charge in [-0.1, -0.05) is 0 Å². The average Bonchev–Trinajstić information content (AvgIpc) is 2.28. The van der Waals surface area contributed by atoms with Crippen molar-refractivity contribution in [1.82, 2.24) is 15.0 Å². The van der Waals surface area contributed by atoms with Crippen molar-refractivity contribution in [2.45, 2.75) is 6.92 Å². The Hall–Kier alpha value is -2.24. The zero-order valence-corrected chi connectivity index (χ0v) is 9.32. The standard InChI is InChI=1S/C11H10FN3O2/c1-6-5-8(15-11(16)14-6)7-3-4-13-10(17-2)9(7)12/h3-5H,1-2H3,(H,14,15,16). The number of pyridine rings is 1. The van der Waals surface area contributed by atoms with Crippen LogP contribution < -0.4 is 10.4 Å². The van der Waals surface area contributed by atoms with Crippen molar-refractivity contribution < 1.29 is 9.13 Å². The molecule has 17 heavy (non-hydrogen) atoms. The zero-order chi connectivity index (χ0) is 12.4. The average molecular weight is 235 g/mol. The summed E-state index contributed by atoms with van der Waals surface area (Å²) in [6.45, 7) is 1.70. The van der Waals surface area contributed by atoms with Crippen LogP contribution in [0.5, 0.6) is 5.88 Å². The lowest BCUT2D eigenvalue weighted by Crippen LogP contribution is -2.12. The lowest BCUT2D eigenvalue weighted by Gasteiger charge is -2.05. The number of halogens is 1. The summed E-state index contributed by atoms with van der Waals surface area (Å²) in [7, 11) is 1.33. The molecule has 1 N–H and O–H groups in total. The molecule has 0 radical (unpaired) electrons. The maximum Gasteiger partial charge on any atom is 0.345 e. The maximum absolute atomic E-state index is 13.9. The van der Waals surface area contributed by atoms with Crippen LogP contribution in [0.4, 0.5) is 4.39 Å². The third-order valence-corrected chi connectivity index (χ3v) is 2.21. The van der Waals surface area contributed by atoms with Crippen LogP contribution in [0.1, 0.15) is 5.69 Å². The molecule has 2 rings (SSSR count). The molecule has 0 aliphatic rings. The zero-order valence-electron chi connectivity index (χ0n) is 9.32. The van der Waals surface area contributed by atoms with Crippen molar-refractivity contribution >= 4 is 0 Å². The Morgan fingerprint density at radius 3 is 2.88 bits per heavy atom. The quantitative estimate of drug-likeness (QED) is 0.851. The number of methoxy groups -OCH3 is 1. The van der Waals surface area contributed by atoms with Crippen LogP contribution >= 0.6 is 0 Å². The lowest BCUT2D eigenvalue weighted by molar-refractivity contribution is 0.370. The van der Waals surface area contributed by atoms with Gasteiger partial charge < -0.3 is 9.72 Å². The van der Waals surface area contributed by atoms with Crippen LogP contribution in [-0.2, 0) is 0 Å². The van der Waals surface area contributed by atoms with Crippen molar-refractivity contribution in [1.29, 1.82) is 0 Å². The largest absolute Gasteiger partial charge is 0.479 e. The number of nitrogens with zero attached hydrogens (tertiary/aromatic N) is 2. The van der Waals surface area contributed by atoms with E-state index in [1.807, 2.05) is 0 Å². The second-order valence-corrected chi connectivity index (χ2v) is 3.44. The Bertz CT molecular complexity index is 610. The van der Waals surface area contributed by atoms with Crippen molar-refractivity contribution in [2.24, 2.45) is 0 Å². The SMILES string of the molecule is COc1nccc(-c2cc(C)[nH]c(=O)n2)c1F. The van der Waals surface area contributed by atoms with Gasteiger partial charge in [0.25, 0.3) is 5.88 Å². The molecule has 5 nitrogen and oxygen atoms in total. The van der Waals surface area contributed by atoms with Gasteiger partial charge >= 0.3 is 5.69 Å². The van der Waals surface area contributed by atoms with Crippen LogP contribution in [0.2, 0.25) is 0 Å². The maximum atomic E-state index is 13.9. The van der Waals surface area contributed by atoms with Crippen molar-refractivity contribution in [2.75, 3.05) is 7.11 Å². The van der Waals surface area contributed by atoms with Gasteiger partial charge in [-0.15, -0.1) is 0 Å². The molecule has 0 unspecified atom stereocenters. The van der Waals surface area contributed by atoms with Crippen molar-refractivity contribution in [3.63, 3.8) is 0 Å². The molecule has 6 heteroatoms. The summed E-state index contributed by atoms with van der Waals surface area (Å²) >= 11 is 0. The highest BCUT2D eigenvalue weighted by Crippen LogP contribution is 2.25. The number of ether oxygens (including phenoxy) is 1. The first-order valence-electron chi connectivity index (χ1n) is 4.88. The highest BCUT2D eigenvalue weighted by molar-refractivity contribution is 5.60. The van der Waals surface area contributed by atoms with E-state index in [0.717, 1.165) is 0 Å². The van der Waals surface area contributed by atoms with Crippen LogP contribution in [0.25, 0.3) is 11.3 Å². The molecule has 0 saturated heterocycles. The summed E-state index contributed by atoms with van der Waals surface area (Å²) in [6.07, 6.45) is 1.40. The van der Waals surface area contributed by atoms with Gasteiger partial charge in [-0.25, -0.2) is 14.2 Å². The summed E-state index contributed by atoms with van der Waals surface area (Å²) in [5, 5.41) is 0. The fourth-order valence-electron chi connectivity index (χ4n) is 1.48. The Labute approximate surface area is 96.3 Å². The molecule has 0 fully saturated rings. The molecule has 0 aliphatic carbocycles. The molecule has 0 bridgehead atoms. The van der Waals surface area contributed by atoms with Gasteiger partial charge in [0.15, 0.2) is 5.82 Å². The minimum absolute atomic E-state index is 0.123. The summed E-state index contributed by atoms with van der Waals surface area (Å²) in [5.74, 6) is -0.755. The molecule has 88 valence electrons. The van der Waals surface area contributed by atoms with Crippen LogP contribution in [0, 0.1) is 12.7 Å².